The van der Waals surface area contributed by atoms with E-state index in [1.807, 2.05) is 0 Å². The summed E-state index contributed by atoms with van der Waals surface area (Å²) in [6.45, 7) is 2.39. The van der Waals surface area contributed by atoms with Crippen molar-refractivity contribution in [2.45, 2.75) is 31.5 Å². The normalized spacial score (nSPS) is 26.7. The second-order valence-corrected chi connectivity index (χ2v) is 5.08. The Labute approximate surface area is 117 Å². The van der Waals surface area contributed by atoms with Gasteiger partial charge in [0.05, 0.1) is 31.8 Å². The minimum Gasteiger partial charge on any atom is -0.481 e. The molecule has 2 aliphatic rings. The molecule has 0 unspecified atom stereocenters. The quantitative estimate of drug-likeness (QED) is 0.733. The number of hydrogen-bond donors (Lipinski definition) is 1. The molecule has 114 valence electrons. The van der Waals surface area contributed by atoms with Gasteiger partial charge in [-0.15, -0.1) is 0 Å². The SMILES string of the molecule is O=C(O)C[C@@H]1CN(C(=O)COC[C@H]2CCCO2)CCO1. The van der Waals surface area contributed by atoms with Crippen molar-refractivity contribution in [2.24, 2.45) is 0 Å². The first-order valence-corrected chi connectivity index (χ1v) is 6.95. The van der Waals surface area contributed by atoms with Gasteiger partial charge >= 0.3 is 5.97 Å². The first-order chi connectivity index (χ1) is 9.65. The number of carbonyl (C=O) groups excluding carboxylic acids is 1. The van der Waals surface area contributed by atoms with Crippen molar-refractivity contribution in [2.75, 3.05) is 39.5 Å². The zero-order valence-corrected chi connectivity index (χ0v) is 11.5. The van der Waals surface area contributed by atoms with Gasteiger partial charge in [-0.3, -0.25) is 9.59 Å². The summed E-state index contributed by atoms with van der Waals surface area (Å²) in [5, 5.41) is 8.73. The topological polar surface area (TPSA) is 85.3 Å². The standard InChI is InChI=1S/C13H21NO6/c15-12(9-18-8-10-2-1-4-19-10)14-3-5-20-11(7-14)6-13(16)17/h10-11H,1-9H2,(H,16,17)/t10-,11-/m1/s1. The number of aliphatic carboxylic acids is 1. The van der Waals surface area contributed by atoms with Crippen molar-refractivity contribution in [3.8, 4) is 0 Å². The van der Waals surface area contributed by atoms with Crippen molar-refractivity contribution in [1.82, 2.24) is 4.90 Å². The summed E-state index contributed by atoms with van der Waals surface area (Å²) in [6, 6.07) is 0. The van der Waals surface area contributed by atoms with E-state index in [2.05, 4.69) is 0 Å². The first kappa shape index (κ1) is 15.2. The van der Waals surface area contributed by atoms with Crippen molar-refractivity contribution in [1.29, 1.82) is 0 Å². The molecule has 7 nitrogen and oxygen atoms in total. The first-order valence-electron chi connectivity index (χ1n) is 6.95. The van der Waals surface area contributed by atoms with E-state index in [1.54, 1.807) is 4.90 Å². The molecule has 0 aromatic carbocycles. The third-order valence-corrected chi connectivity index (χ3v) is 3.45. The minimum atomic E-state index is -0.918. The number of ether oxygens (including phenoxy) is 3. The molecule has 2 heterocycles. The van der Waals surface area contributed by atoms with E-state index in [-0.39, 0.29) is 25.0 Å². The van der Waals surface area contributed by atoms with Crippen LogP contribution >= 0.6 is 0 Å². The Bertz CT molecular complexity index is 342. The van der Waals surface area contributed by atoms with Gasteiger partial charge in [-0.05, 0) is 12.8 Å². The van der Waals surface area contributed by atoms with Crippen molar-refractivity contribution < 1.29 is 28.9 Å². The maximum Gasteiger partial charge on any atom is 0.306 e. The minimum absolute atomic E-state index is 0.0135. The van der Waals surface area contributed by atoms with Crippen LogP contribution in [0.2, 0.25) is 0 Å². The molecule has 0 radical (unpaired) electrons. The number of rotatable bonds is 6. The Kier molecular flexibility index (Phi) is 5.75. The number of hydrogen-bond acceptors (Lipinski definition) is 5. The van der Waals surface area contributed by atoms with Crippen LogP contribution in [0.25, 0.3) is 0 Å². The predicted molar refractivity (Wildman–Crippen MR) is 68.4 cm³/mol. The average molecular weight is 287 g/mol. The number of carboxylic acid groups (broad SMARTS) is 1. The second-order valence-electron chi connectivity index (χ2n) is 5.08. The van der Waals surface area contributed by atoms with Gasteiger partial charge in [-0.1, -0.05) is 0 Å². The lowest BCUT2D eigenvalue weighted by Gasteiger charge is -2.32. The molecule has 20 heavy (non-hydrogen) atoms. The molecule has 1 amide bonds. The summed E-state index contributed by atoms with van der Waals surface area (Å²) in [7, 11) is 0. The molecule has 7 heteroatoms. The molecular formula is C13H21NO6. The van der Waals surface area contributed by atoms with E-state index in [9.17, 15) is 9.59 Å². The zero-order chi connectivity index (χ0) is 14.4. The molecule has 2 saturated heterocycles. The van der Waals surface area contributed by atoms with Crippen LogP contribution in [0.4, 0.5) is 0 Å². The maximum absolute atomic E-state index is 12.0. The van der Waals surface area contributed by atoms with Crippen molar-refractivity contribution >= 4 is 11.9 Å². The van der Waals surface area contributed by atoms with Gasteiger partial charge in [0.15, 0.2) is 0 Å². The monoisotopic (exact) mass is 287 g/mol. The van der Waals surface area contributed by atoms with E-state index >= 15 is 0 Å². The number of carbonyl (C=O) groups is 2. The van der Waals surface area contributed by atoms with E-state index in [0.717, 1.165) is 19.4 Å². The lowest BCUT2D eigenvalue weighted by molar-refractivity contribution is -0.150. The highest BCUT2D eigenvalue weighted by atomic mass is 16.5. The van der Waals surface area contributed by atoms with Crippen molar-refractivity contribution in [3.05, 3.63) is 0 Å². The largest absolute Gasteiger partial charge is 0.481 e. The summed E-state index contributed by atoms with van der Waals surface area (Å²) >= 11 is 0. The van der Waals surface area contributed by atoms with Gasteiger partial charge in [-0.2, -0.15) is 0 Å². The number of nitrogens with zero attached hydrogens (tertiary/aromatic N) is 1. The van der Waals surface area contributed by atoms with E-state index < -0.39 is 12.1 Å². The number of morpholine rings is 1. The van der Waals surface area contributed by atoms with Gasteiger partial charge in [0, 0.05) is 19.7 Å². The molecule has 2 fully saturated rings. The highest BCUT2D eigenvalue weighted by Gasteiger charge is 2.26. The van der Waals surface area contributed by atoms with Gasteiger partial charge in [0.25, 0.3) is 0 Å². The molecule has 0 aliphatic carbocycles. The molecular weight excluding hydrogens is 266 g/mol. The highest BCUT2D eigenvalue weighted by molar-refractivity contribution is 5.77. The zero-order valence-electron chi connectivity index (χ0n) is 11.5. The molecule has 0 aromatic rings. The molecule has 0 saturated carbocycles. The smallest absolute Gasteiger partial charge is 0.306 e. The fourth-order valence-electron chi connectivity index (χ4n) is 2.41. The van der Waals surface area contributed by atoms with Gasteiger partial charge in [-0.25, -0.2) is 0 Å². The third-order valence-electron chi connectivity index (χ3n) is 3.45. The third kappa shape index (κ3) is 4.73. The summed E-state index contributed by atoms with van der Waals surface area (Å²) < 4.78 is 16.1. The summed E-state index contributed by atoms with van der Waals surface area (Å²) in [5.74, 6) is -1.04. The van der Waals surface area contributed by atoms with E-state index in [0.29, 0.717) is 26.3 Å². The van der Waals surface area contributed by atoms with Crippen molar-refractivity contribution in [3.63, 3.8) is 0 Å². The molecule has 0 spiro atoms. The van der Waals surface area contributed by atoms with E-state index in [1.165, 1.54) is 0 Å². The van der Waals surface area contributed by atoms with Crippen LogP contribution in [0.5, 0.6) is 0 Å². The molecule has 0 aromatic heterocycles. The molecule has 1 N–H and O–H groups in total. The Hall–Kier alpha value is -1.18. The lowest BCUT2D eigenvalue weighted by atomic mass is 10.2. The summed E-state index contributed by atoms with van der Waals surface area (Å²) in [6.07, 6.45) is 1.62. The number of amides is 1. The summed E-state index contributed by atoms with van der Waals surface area (Å²) in [5.41, 5.74) is 0. The predicted octanol–water partition coefficient (Wildman–Crippen LogP) is -0.116. The van der Waals surface area contributed by atoms with Crippen LogP contribution in [-0.4, -0.2) is 73.6 Å². The molecule has 2 aliphatic heterocycles. The Morgan fingerprint density at radius 1 is 1.25 bits per heavy atom. The van der Waals surface area contributed by atoms with Crippen LogP contribution in [0.1, 0.15) is 19.3 Å². The van der Waals surface area contributed by atoms with Crippen LogP contribution in [0.15, 0.2) is 0 Å². The van der Waals surface area contributed by atoms with Gasteiger partial charge in [0.1, 0.15) is 6.61 Å². The Morgan fingerprint density at radius 3 is 2.75 bits per heavy atom. The fourth-order valence-corrected chi connectivity index (χ4v) is 2.41. The Morgan fingerprint density at radius 2 is 2.05 bits per heavy atom. The number of carboxylic acids is 1. The van der Waals surface area contributed by atoms with Gasteiger partial charge in [0.2, 0.25) is 5.91 Å². The van der Waals surface area contributed by atoms with Crippen LogP contribution in [0.3, 0.4) is 0 Å². The lowest BCUT2D eigenvalue weighted by Crippen LogP contribution is -2.47. The van der Waals surface area contributed by atoms with E-state index in [4.69, 9.17) is 19.3 Å². The molecule has 2 rings (SSSR count). The average Bonchev–Trinajstić information content (AvgIpc) is 2.91. The van der Waals surface area contributed by atoms with Crippen LogP contribution in [0, 0.1) is 0 Å². The summed E-state index contributed by atoms with van der Waals surface area (Å²) in [4.78, 5) is 24.2. The Balaban J connectivity index is 1.67. The maximum atomic E-state index is 12.0. The van der Waals surface area contributed by atoms with Crippen LogP contribution in [-0.2, 0) is 23.8 Å². The van der Waals surface area contributed by atoms with Gasteiger partial charge < -0.3 is 24.2 Å². The molecule has 0 bridgehead atoms. The van der Waals surface area contributed by atoms with Crippen LogP contribution < -0.4 is 0 Å². The fraction of sp³-hybridized carbons (Fsp3) is 0.846. The second kappa shape index (κ2) is 7.56. The highest BCUT2D eigenvalue weighted by Crippen LogP contribution is 2.12. The molecule has 2 atom stereocenters.